The Morgan fingerprint density at radius 2 is 1.86 bits per heavy atom. The fourth-order valence-electron chi connectivity index (χ4n) is 3.63. The van der Waals surface area contributed by atoms with E-state index in [1.165, 1.54) is 11.3 Å². The van der Waals surface area contributed by atoms with Gasteiger partial charge in [0.2, 0.25) is 0 Å². The predicted molar refractivity (Wildman–Crippen MR) is 123 cm³/mol. The number of thiocarbonyl (C=S) groups is 1. The molecule has 0 radical (unpaired) electrons. The number of hydrogen-bond donors (Lipinski definition) is 2. The molecule has 144 valence electrons. The molecule has 0 spiro atoms. The van der Waals surface area contributed by atoms with E-state index >= 15 is 0 Å². The Bertz CT molecular complexity index is 981. The van der Waals surface area contributed by atoms with Crippen LogP contribution in [0.5, 0.6) is 0 Å². The summed E-state index contributed by atoms with van der Waals surface area (Å²) in [5, 5.41) is 9.27. The van der Waals surface area contributed by atoms with E-state index in [-0.39, 0.29) is 0 Å². The molecule has 0 atom stereocenters. The second kappa shape index (κ2) is 8.33. The molecule has 0 amide bonds. The highest BCUT2D eigenvalue weighted by Gasteiger charge is 2.21. The van der Waals surface area contributed by atoms with Crippen LogP contribution in [0.2, 0.25) is 5.02 Å². The molecule has 2 heterocycles. The lowest BCUT2D eigenvalue weighted by atomic mass is 10.0. The molecular formula is C22H23ClN4S. The van der Waals surface area contributed by atoms with Gasteiger partial charge in [-0.2, -0.15) is 0 Å². The lowest BCUT2D eigenvalue weighted by Crippen LogP contribution is -2.46. The minimum Gasteiger partial charge on any atom is -0.371 e. The largest absolute Gasteiger partial charge is 0.371 e. The first-order chi connectivity index (χ1) is 13.6. The number of anilines is 2. The minimum absolute atomic E-state index is 0.374. The number of rotatable bonds is 3. The molecule has 1 aliphatic rings. The van der Waals surface area contributed by atoms with Gasteiger partial charge >= 0.3 is 0 Å². The smallest absolute Gasteiger partial charge is 0.170 e. The van der Waals surface area contributed by atoms with Gasteiger partial charge in [0, 0.05) is 47.1 Å². The average molecular weight is 411 g/mol. The van der Waals surface area contributed by atoms with Crippen LogP contribution >= 0.6 is 23.8 Å². The molecule has 1 saturated heterocycles. The molecule has 2 N–H and O–H groups in total. The van der Waals surface area contributed by atoms with E-state index in [2.05, 4.69) is 45.6 Å². The third-order valence-electron chi connectivity index (χ3n) is 5.16. The topological polar surface area (TPSA) is 40.2 Å². The summed E-state index contributed by atoms with van der Waals surface area (Å²) in [4.78, 5) is 6.87. The summed E-state index contributed by atoms with van der Waals surface area (Å²) in [5.41, 5.74) is 4.43. The molecule has 28 heavy (non-hydrogen) atoms. The minimum atomic E-state index is 0.374. The number of piperidine rings is 1. The van der Waals surface area contributed by atoms with E-state index in [1.807, 2.05) is 36.5 Å². The fraction of sp³-hybridized carbons (Fsp3) is 0.273. The van der Waals surface area contributed by atoms with Crippen LogP contribution in [0, 0.1) is 6.92 Å². The molecule has 2 aromatic carbocycles. The van der Waals surface area contributed by atoms with Crippen LogP contribution in [0.4, 0.5) is 11.4 Å². The Balaban J connectivity index is 1.36. The third kappa shape index (κ3) is 4.37. The summed E-state index contributed by atoms with van der Waals surface area (Å²) in [6.07, 6.45) is 3.93. The number of hydrogen-bond acceptors (Lipinski definition) is 3. The lowest BCUT2D eigenvalue weighted by Gasteiger charge is -2.35. The van der Waals surface area contributed by atoms with Crippen molar-refractivity contribution in [1.29, 1.82) is 0 Å². The summed E-state index contributed by atoms with van der Waals surface area (Å²) in [6, 6.07) is 16.6. The van der Waals surface area contributed by atoms with Crippen LogP contribution in [0.3, 0.4) is 0 Å². The number of nitrogens with zero attached hydrogens (tertiary/aromatic N) is 2. The second-order valence-corrected chi connectivity index (χ2v) is 8.06. The summed E-state index contributed by atoms with van der Waals surface area (Å²) in [5.74, 6) is 0. The van der Waals surface area contributed by atoms with Crippen LogP contribution in [0.25, 0.3) is 10.9 Å². The number of pyridine rings is 1. The first-order valence-electron chi connectivity index (χ1n) is 9.52. The number of fused-ring (bicyclic) bond motifs is 1. The van der Waals surface area contributed by atoms with Crippen LogP contribution in [-0.4, -0.2) is 29.2 Å². The normalized spacial score (nSPS) is 14.9. The fourth-order valence-corrected chi connectivity index (χ4v) is 4.09. The predicted octanol–water partition coefficient (Wildman–Crippen LogP) is 5.15. The van der Waals surface area contributed by atoms with E-state index < -0.39 is 0 Å². The Labute approximate surface area is 175 Å². The van der Waals surface area contributed by atoms with Crippen molar-refractivity contribution in [3.05, 3.63) is 65.3 Å². The van der Waals surface area contributed by atoms with Gasteiger partial charge in [0.15, 0.2) is 5.11 Å². The summed E-state index contributed by atoms with van der Waals surface area (Å²) in [6.45, 7) is 4.01. The third-order valence-corrected chi connectivity index (χ3v) is 5.62. The molecule has 0 unspecified atom stereocenters. The van der Waals surface area contributed by atoms with Gasteiger partial charge in [0.25, 0.3) is 0 Å². The van der Waals surface area contributed by atoms with Gasteiger partial charge in [-0.15, -0.1) is 0 Å². The monoisotopic (exact) mass is 410 g/mol. The summed E-state index contributed by atoms with van der Waals surface area (Å²) < 4.78 is 0. The zero-order valence-corrected chi connectivity index (χ0v) is 17.4. The second-order valence-electron chi connectivity index (χ2n) is 7.22. The maximum Gasteiger partial charge on any atom is 0.170 e. The number of benzene rings is 2. The van der Waals surface area contributed by atoms with Crippen molar-refractivity contribution in [2.24, 2.45) is 0 Å². The van der Waals surface area contributed by atoms with Gasteiger partial charge in [-0.05, 0) is 68.4 Å². The van der Waals surface area contributed by atoms with Crippen molar-refractivity contribution in [2.75, 3.05) is 23.3 Å². The maximum absolute atomic E-state index is 6.21. The first kappa shape index (κ1) is 19.0. The van der Waals surface area contributed by atoms with Crippen molar-refractivity contribution in [1.82, 2.24) is 10.3 Å². The van der Waals surface area contributed by atoms with Gasteiger partial charge < -0.3 is 15.5 Å². The van der Waals surface area contributed by atoms with Crippen molar-refractivity contribution in [3.63, 3.8) is 0 Å². The van der Waals surface area contributed by atoms with Gasteiger partial charge in [0.1, 0.15) is 0 Å². The zero-order valence-electron chi connectivity index (χ0n) is 15.8. The van der Waals surface area contributed by atoms with Crippen molar-refractivity contribution in [3.8, 4) is 0 Å². The Morgan fingerprint density at radius 1 is 1.11 bits per heavy atom. The van der Waals surface area contributed by atoms with Gasteiger partial charge in [-0.3, -0.25) is 4.98 Å². The Morgan fingerprint density at radius 3 is 2.61 bits per heavy atom. The molecular weight excluding hydrogens is 388 g/mol. The standard InChI is InChI=1S/C22H23ClN4S/c1-15-2-5-17(6-3-15)25-22(28)26-18-9-12-27(13-10-18)21-8-11-24-20-7-4-16(23)14-19(20)21/h2-8,11,14,18H,9-10,12-13H2,1H3,(H2,25,26,28). The summed E-state index contributed by atoms with van der Waals surface area (Å²) in [7, 11) is 0. The number of halogens is 1. The molecule has 1 fully saturated rings. The van der Waals surface area contributed by atoms with E-state index in [0.717, 1.165) is 47.5 Å². The number of aryl methyl sites for hydroxylation is 1. The van der Waals surface area contributed by atoms with Crippen molar-refractivity contribution < 1.29 is 0 Å². The number of nitrogens with one attached hydrogen (secondary N) is 2. The molecule has 3 aromatic rings. The molecule has 0 saturated carbocycles. The highest BCUT2D eigenvalue weighted by Crippen LogP contribution is 2.29. The van der Waals surface area contributed by atoms with E-state index in [9.17, 15) is 0 Å². The van der Waals surface area contributed by atoms with Crippen molar-refractivity contribution >= 4 is 51.2 Å². The molecule has 1 aliphatic heterocycles. The van der Waals surface area contributed by atoms with E-state index in [1.54, 1.807) is 0 Å². The van der Waals surface area contributed by atoms with Crippen molar-refractivity contribution in [2.45, 2.75) is 25.8 Å². The molecule has 6 heteroatoms. The summed E-state index contributed by atoms with van der Waals surface area (Å²) >= 11 is 11.7. The highest BCUT2D eigenvalue weighted by atomic mass is 35.5. The average Bonchev–Trinajstić information content (AvgIpc) is 2.70. The van der Waals surface area contributed by atoms with Crippen LogP contribution < -0.4 is 15.5 Å². The van der Waals surface area contributed by atoms with Crippen LogP contribution in [0.15, 0.2) is 54.7 Å². The lowest BCUT2D eigenvalue weighted by molar-refractivity contribution is 0.468. The zero-order chi connectivity index (χ0) is 19.5. The molecule has 0 aliphatic carbocycles. The Hall–Kier alpha value is -2.37. The van der Waals surface area contributed by atoms with E-state index in [4.69, 9.17) is 23.8 Å². The molecule has 4 nitrogen and oxygen atoms in total. The van der Waals surface area contributed by atoms with Gasteiger partial charge in [-0.25, -0.2) is 0 Å². The molecule has 4 rings (SSSR count). The van der Waals surface area contributed by atoms with Crippen LogP contribution in [0.1, 0.15) is 18.4 Å². The van der Waals surface area contributed by atoms with Crippen LogP contribution in [-0.2, 0) is 0 Å². The Kier molecular flexibility index (Phi) is 5.64. The SMILES string of the molecule is Cc1ccc(NC(=S)NC2CCN(c3ccnc4ccc(Cl)cc34)CC2)cc1. The molecule has 0 bridgehead atoms. The van der Waals surface area contributed by atoms with Gasteiger partial charge in [-0.1, -0.05) is 29.3 Å². The quantitative estimate of drug-likeness (QED) is 0.584. The number of aromatic nitrogens is 1. The van der Waals surface area contributed by atoms with E-state index in [0.29, 0.717) is 11.2 Å². The highest BCUT2D eigenvalue weighted by molar-refractivity contribution is 7.80. The first-order valence-corrected chi connectivity index (χ1v) is 10.3. The maximum atomic E-state index is 6.21. The van der Waals surface area contributed by atoms with Gasteiger partial charge in [0.05, 0.1) is 5.52 Å². The molecule has 1 aromatic heterocycles.